The van der Waals surface area contributed by atoms with Crippen molar-refractivity contribution in [3.63, 3.8) is 0 Å². The third-order valence-corrected chi connectivity index (χ3v) is 3.96. The van der Waals surface area contributed by atoms with E-state index in [4.69, 9.17) is 4.74 Å². The Morgan fingerprint density at radius 2 is 2.06 bits per heavy atom. The lowest BCUT2D eigenvalue weighted by Crippen LogP contribution is -2.02. The van der Waals surface area contributed by atoms with Crippen LogP contribution in [0.25, 0.3) is 0 Å². The van der Waals surface area contributed by atoms with Gasteiger partial charge in [0.15, 0.2) is 0 Å². The van der Waals surface area contributed by atoms with E-state index in [-0.39, 0.29) is 6.10 Å². The molecule has 1 aromatic rings. The second-order valence-electron chi connectivity index (χ2n) is 4.48. The molecule has 1 aromatic carbocycles. The van der Waals surface area contributed by atoms with Gasteiger partial charge in [-0.25, -0.2) is 0 Å². The fraction of sp³-hybridized carbons (Fsp3) is 0.571. The summed E-state index contributed by atoms with van der Waals surface area (Å²) in [6.45, 7) is 2.16. The standard InChI is InChI=1S/C14H20O2S/c1-2-9-17-10-14(15)11-3-5-12(6-4-11)16-13-7-8-13/h3-6,13-15H,2,7-10H2,1H3. The molecule has 94 valence electrons. The second kappa shape index (κ2) is 6.31. The molecule has 0 heterocycles. The van der Waals surface area contributed by atoms with Gasteiger partial charge in [-0.15, -0.1) is 0 Å². The minimum Gasteiger partial charge on any atom is -0.490 e. The Morgan fingerprint density at radius 3 is 2.65 bits per heavy atom. The highest BCUT2D eigenvalue weighted by atomic mass is 32.2. The molecule has 0 aromatic heterocycles. The first-order valence-corrected chi connectivity index (χ1v) is 7.47. The van der Waals surface area contributed by atoms with Crippen LogP contribution >= 0.6 is 11.8 Å². The van der Waals surface area contributed by atoms with E-state index in [0.717, 1.165) is 29.2 Å². The van der Waals surface area contributed by atoms with Crippen LogP contribution in [0.5, 0.6) is 5.75 Å². The molecular weight excluding hydrogens is 232 g/mol. The molecule has 0 amide bonds. The van der Waals surface area contributed by atoms with Crippen molar-refractivity contribution in [2.45, 2.75) is 38.4 Å². The lowest BCUT2D eigenvalue weighted by Gasteiger charge is -2.11. The zero-order valence-corrected chi connectivity index (χ0v) is 11.1. The van der Waals surface area contributed by atoms with Gasteiger partial charge in [0.05, 0.1) is 12.2 Å². The van der Waals surface area contributed by atoms with Gasteiger partial charge in [-0.3, -0.25) is 0 Å². The molecule has 2 rings (SSSR count). The van der Waals surface area contributed by atoms with Gasteiger partial charge in [0, 0.05) is 5.75 Å². The number of rotatable bonds is 7. The van der Waals surface area contributed by atoms with Crippen molar-refractivity contribution < 1.29 is 9.84 Å². The van der Waals surface area contributed by atoms with Gasteiger partial charge >= 0.3 is 0 Å². The zero-order valence-electron chi connectivity index (χ0n) is 10.3. The zero-order chi connectivity index (χ0) is 12.1. The highest BCUT2D eigenvalue weighted by Crippen LogP contribution is 2.28. The third-order valence-electron chi connectivity index (χ3n) is 2.72. The molecule has 1 saturated carbocycles. The summed E-state index contributed by atoms with van der Waals surface area (Å²) in [7, 11) is 0. The van der Waals surface area contributed by atoms with Gasteiger partial charge in [0.25, 0.3) is 0 Å². The molecule has 1 aliphatic rings. The van der Waals surface area contributed by atoms with Crippen LogP contribution < -0.4 is 4.74 Å². The van der Waals surface area contributed by atoms with Crippen LogP contribution in [0.4, 0.5) is 0 Å². The summed E-state index contributed by atoms with van der Waals surface area (Å²) in [5, 5.41) is 9.97. The van der Waals surface area contributed by atoms with Crippen molar-refractivity contribution in [1.82, 2.24) is 0 Å². The van der Waals surface area contributed by atoms with Gasteiger partial charge in [-0.05, 0) is 42.7 Å². The smallest absolute Gasteiger partial charge is 0.119 e. The van der Waals surface area contributed by atoms with E-state index in [2.05, 4.69) is 6.92 Å². The van der Waals surface area contributed by atoms with E-state index < -0.39 is 0 Å². The van der Waals surface area contributed by atoms with E-state index in [0.29, 0.717) is 6.10 Å². The van der Waals surface area contributed by atoms with Crippen molar-refractivity contribution in [3.05, 3.63) is 29.8 Å². The Bertz CT molecular complexity index is 333. The number of aliphatic hydroxyl groups is 1. The SMILES string of the molecule is CCCSCC(O)c1ccc(OC2CC2)cc1. The summed E-state index contributed by atoms with van der Waals surface area (Å²) in [6, 6.07) is 7.85. The maximum absolute atomic E-state index is 9.97. The minimum absolute atomic E-state index is 0.360. The van der Waals surface area contributed by atoms with Crippen LogP contribution in [0.3, 0.4) is 0 Å². The van der Waals surface area contributed by atoms with E-state index in [1.165, 1.54) is 12.8 Å². The molecule has 1 aliphatic carbocycles. The summed E-state index contributed by atoms with van der Waals surface area (Å²) in [4.78, 5) is 0. The molecule has 2 nitrogen and oxygen atoms in total. The topological polar surface area (TPSA) is 29.5 Å². The summed E-state index contributed by atoms with van der Waals surface area (Å²) in [5.74, 6) is 2.81. The van der Waals surface area contributed by atoms with Crippen molar-refractivity contribution in [3.8, 4) is 5.75 Å². The van der Waals surface area contributed by atoms with Crippen LogP contribution in [0.15, 0.2) is 24.3 Å². The predicted molar refractivity (Wildman–Crippen MR) is 72.7 cm³/mol. The predicted octanol–water partition coefficient (Wildman–Crippen LogP) is 3.40. The van der Waals surface area contributed by atoms with Crippen molar-refractivity contribution in [1.29, 1.82) is 0 Å². The van der Waals surface area contributed by atoms with Gasteiger partial charge in [0.1, 0.15) is 5.75 Å². The highest BCUT2D eigenvalue weighted by molar-refractivity contribution is 7.99. The van der Waals surface area contributed by atoms with E-state index in [1.54, 1.807) is 11.8 Å². The molecule has 0 spiro atoms. The number of thioether (sulfide) groups is 1. The Balaban J connectivity index is 1.82. The Morgan fingerprint density at radius 1 is 1.35 bits per heavy atom. The van der Waals surface area contributed by atoms with Crippen LogP contribution in [0.2, 0.25) is 0 Å². The number of hydrogen-bond acceptors (Lipinski definition) is 3. The number of benzene rings is 1. The minimum atomic E-state index is -0.360. The molecule has 0 bridgehead atoms. The molecule has 3 heteroatoms. The summed E-state index contributed by atoms with van der Waals surface area (Å²) >= 11 is 1.80. The molecule has 1 N–H and O–H groups in total. The molecule has 0 radical (unpaired) electrons. The number of hydrogen-bond donors (Lipinski definition) is 1. The molecule has 1 unspecified atom stereocenters. The van der Waals surface area contributed by atoms with Crippen LogP contribution in [-0.2, 0) is 0 Å². The van der Waals surface area contributed by atoms with Gasteiger partial charge < -0.3 is 9.84 Å². The monoisotopic (exact) mass is 252 g/mol. The molecule has 0 aliphatic heterocycles. The van der Waals surface area contributed by atoms with Gasteiger partial charge in [-0.2, -0.15) is 11.8 Å². The average Bonchev–Trinajstić information content (AvgIpc) is 3.14. The Labute approximate surface area is 107 Å². The van der Waals surface area contributed by atoms with Gasteiger partial charge in [-0.1, -0.05) is 19.1 Å². The summed E-state index contributed by atoms with van der Waals surface area (Å²) in [6.07, 6.45) is 3.59. The highest BCUT2D eigenvalue weighted by Gasteiger charge is 2.23. The first-order chi connectivity index (χ1) is 8.29. The first kappa shape index (κ1) is 12.8. The van der Waals surface area contributed by atoms with E-state index >= 15 is 0 Å². The fourth-order valence-corrected chi connectivity index (χ4v) is 2.45. The second-order valence-corrected chi connectivity index (χ2v) is 5.63. The van der Waals surface area contributed by atoms with E-state index in [1.807, 2.05) is 24.3 Å². The average molecular weight is 252 g/mol. The first-order valence-electron chi connectivity index (χ1n) is 6.32. The summed E-state index contributed by atoms with van der Waals surface area (Å²) < 4.78 is 5.67. The molecule has 17 heavy (non-hydrogen) atoms. The Hall–Kier alpha value is -0.670. The normalized spacial score (nSPS) is 16.8. The van der Waals surface area contributed by atoms with Crippen LogP contribution in [-0.4, -0.2) is 22.7 Å². The van der Waals surface area contributed by atoms with Gasteiger partial charge in [0.2, 0.25) is 0 Å². The fourth-order valence-electron chi connectivity index (χ4n) is 1.58. The molecular formula is C14H20O2S. The molecule has 1 fully saturated rings. The summed E-state index contributed by atoms with van der Waals surface area (Å²) in [5.41, 5.74) is 0.983. The van der Waals surface area contributed by atoms with Crippen molar-refractivity contribution in [2.24, 2.45) is 0 Å². The number of ether oxygens (including phenoxy) is 1. The van der Waals surface area contributed by atoms with Crippen LogP contribution in [0, 0.1) is 0 Å². The molecule has 0 saturated heterocycles. The maximum atomic E-state index is 9.97. The Kier molecular flexibility index (Phi) is 4.75. The lowest BCUT2D eigenvalue weighted by molar-refractivity contribution is 0.204. The van der Waals surface area contributed by atoms with Crippen molar-refractivity contribution >= 4 is 11.8 Å². The number of aliphatic hydroxyl groups excluding tert-OH is 1. The lowest BCUT2D eigenvalue weighted by atomic mass is 10.1. The molecule has 1 atom stereocenters. The van der Waals surface area contributed by atoms with Crippen molar-refractivity contribution in [2.75, 3.05) is 11.5 Å². The maximum Gasteiger partial charge on any atom is 0.119 e. The largest absolute Gasteiger partial charge is 0.490 e. The van der Waals surface area contributed by atoms with E-state index in [9.17, 15) is 5.11 Å². The quantitative estimate of drug-likeness (QED) is 0.754. The third kappa shape index (κ3) is 4.25. The van der Waals surface area contributed by atoms with Crippen LogP contribution in [0.1, 0.15) is 37.9 Å².